The van der Waals surface area contributed by atoms with E-state index in [1.54, 1.807) is 12.1 Å². The number of hydrogen-bond acceptors (Lipinski definition) is 2. The average molecular weight is 284 g/mol. The molecule has 0 spiro atoms. The Morgan fingerprint density at radius 3 is 2.72 bits per heavy atom. The minimum atomic E-state index is 0.586. The first kappa shape index (κ1) is 13.2. The van der Waals surface area contributed by atoms with E-state index in [0.717, 1.165) is 30.6 Å². The molecule has 0 saturated carbocycles. The third kappa shape index (κ3) is 2.79. The molecule has 3 nitrogen and oxygen atoms in total. The number of benzene rings is 1. The van der Waals surface area contributed by atoms with Crippen LogP contribution in [0.15, 0.2) is 24.3 Å². The maximum atomic E-state index is 6.16. The number of aromatic nitrogens is 2. The lowest BCUT2D eigenvalue weighted by Crippen LogP contribution is -2.04. The molecule has 0 aliphatic carbocycles. The maximum Gasteiger partial charge on any atom is 0.122 e. The highest BCUT2D eigenvalue weighted by atomic mass is 35.5. The molecule has 0 bridgehead atoms. The summed E-state index contributed by atoms with van der Waals surface area (Å²) in [6, 6.07) is 7.20. The van der Waals surface area contributed by atoms with Crippen LogP contribution in [0.4, 0.5) is 5.82 Å². The highest BCUT2D eigenvalue weighted by molar-refractivity contribution is 6.36. The van der Waals surface area contributed by atoms with Gasteiger partial charge in [-0.15, -0.1) is 0 Å². The average Bonchev–Trinajstić information content (AvgIpc) is 2.68. The van der Waals surface area contributed by atoms with E-state index in [9.17, 15) is 0 Å². The van der Waals surface area contributed by atoms with Gasteiger partial charge in [0.1, 0.15) is 5.82 Å². The summed E-state index contributed by atoms with van der Waals surface area (Å²) in [5.74, 6) is 0.657. The van der Waals surface area contributed by atoms with Gasteiger partial charge in [0.2, 0.25) is 0 Å². The van der Waals surface area contributed by atoms with E-state index in [-0.39, 0.29) is 0 Å². The molecule has 18 heavy (non-hydrogen) atoms. The quantitative estimate of drug-likeness (QED) is 0.912. The molecule has 0 atom stereocenters. The van der Waals surface area contributed by atoms with Crippen molar-refractivity contribution >= 4 is 29.0 Å². The van der Waals surface area contributed by atoms with E-state index in [4.69, 9.17) is 28.9 Å². The van der Waals surface area contributed by atoms with Gasteiger partial charge in [0.05, 0.1) is 10.7 Å². The molecule has 0 aliphatic heterocycles. The fourth-order valence-electron chi connectivity index (χ4n) is 1.75. The number of nitrogens with zero attached hydrogens (tertiary/aromatic N) is 2. The predicted octanol–water partition coefficient (Wildman–Crippen LogP) is 4.24. The van der Waals surface area contributed by atoms with Crippen LogP contribution in [0.25, 0.3) is 11.3 Å². The van der Waals surface area contributed by atoms with Gasteiger partial charge in [-0.25, -0.2) is 4.68 Å². The second-order valence-electron chi connectivity index (χ2n) is 4.16. The summed E-state index contributed by atoms with van der Waals surface area (Å²) < 4.78 is 1.81. The van der Waals surface area contributed by atoms with Crippen molar-refractivity contribution in [1.29, 1.82) is 0 Å². The van der Waals surface area contributed by atoms with Crippen molar-refractivity contribution in [2.45, 2.75) is 26.3 Å². The highest BCUT2D eigenvalue weighted by Gasteiger charge is 2.10. The topological polar surface area (TPSA) is 43.8 Å². The van der Waals surface area contributed by atoms with Gasteiger partial charge in [0, 0.05) is 23.2 Å². The van der Waals surface area contributed by atoms with Crippen LogP contribution in [0.5, 0.6) is 0 Å². The molecule has 96 valence electrons. The molecule has 2 aromatic rings. The first-order chi connectivity index (χ1) is 8.61. The fraction of sp³-hybridized carbons (Fsp3) is 0.308. The molecule has 1 heterocycles. The number of nitrogen functional groups attached to an aromatic ring is 1. The van der Waals surface area contributed by atoms with Crippen molar-refractivity contribution in [1.82, 2.24) is 9.78 Å². The van der Waals surface area contributed by atoms with Gasteiger partial charge in [-0.3, -0.25) is 0 Å². The molecule has 2 rings (SSSR count). The van der Waals surface area contributed by atoms with Gasteiger partial charge < -0.3 is 5.73 Å². The zero-order valence-corrected chi connectivity index (χ0v) is 11.7. The molecule has 5 heteroatoms. The van der Waals surface area contributed by atoms with Gasteiger partial charge in [-0.2, -0.15) is 5.10 Å². The Morgan fingerprint density at radius 2 is 2.06 bits per heavy atom. The first-order valence-corrected chi connectivity index (χ1v) is 6.66. The molecule has 0 radical (unpaired) electrons. The van der Waals surface area contributed by atoms with Crippen LogP contribution in [-0.4, -0.2) is 9.78 Å². The summed E-state index contributed by atoms with van der Waals surface area (Å²) in [4.78, 5) is 0. The Morgan fingerprint density at radius 1 is 1.28 bits per heavy atom. The molecule has 1 aromatic heterocycles. The van der Waals surface area contributed by atoms with E-state index >= 15 is 0 Å². The third-order valence-corrected chi connectivity index (χ3v) is 3.29. The standard InChI is InChI=1S/C13H15Cl2N3/c1-2-3-6-18-13(16)8-12(17-18)10-5-4-9(14)7-11(10)15/h4-5,7-8H,2-3,6,16H2,1H3. The van der Waals surface area contributed by atoms with Gasteiger partial charge in [0.25, 0.3) is 0 Å². The van der Waals surface area contributed by atoms with E-state index in [1.807, 2.05) is 16.8 Å². The summed E-state index contributed by atoms with van der Waals surface area (Å²) >= 11 is 12.0. The van der Waals surface area contributed by atoms with Gasteiger partial charge in [-0.05, 0) is 24.6 Å². The third-order valence-electron chi connectivity index (χ3n) is 2.74. The van der Waals surface area contributed by atoms with Crippen LogP contribution >= 0.6 is 23.2 Å². The Balaban J connectivity index is 2.33. The van der Waals surface area contributed by atoms with Gasteiger partial charge >= 0.3 is 0 Å². The summed E-state index contributed by atoms with van der Waals surface area (Å²) in [5, 5.41) is 5.67. The first-order valence-electron chi connectivity index (χ1n) is 5.90. The van der Waals surface area contributed by atoms with Crippen LogP contribution in [-0.2, 0) is 6.54 Å². The van der Waals surface area contributed by atoms with E-state index < -0.39 is 0 Å². The zero-order valence-electron chi connectivity index (χ0n) is 10.2. The lowest BCUT2D eigenvalue weighted by molar-refractivity contribution is 0.580. The summed E-state index contributed by atoms with van der Waals surface area (Å²) in [6.07, 6.45) is 2.16. The number of nitrogens with two attached hydrogens (primary N) is 1. The number of aryl methyl sites for hydroxylation is 1. The van der Waals surface area contributed by atoms with Crippen LogP contribution in [0, 0.1) is 0 Å². The molecule has 0 saturated heterocycles. The monoisotopic (exact) mass is 283 g/mol. The Kier molecular flexibility index (Phi) is 4.15. The van der Waals surface area contributed by atoms with Crippen LogP contribution in [0.3, 0.4) is 0 Å². The minimum absolute atomic E-state index is 0.586. The zero-order chi connectivity index (χ0) is 13.1. The van der Waals surface area contributed by atoms with E-state index in [0.29, 0.717) is 15.9 Å². The predicted molar refractivity (Wildman–Crippen MR) is 77.0 cm³/mol. The molecule has 0 fully saturated rings. The number of halogens is 2. The smallest absolute Gasteiger partial charge is 0.122 e. The molecule has 0 aliphatic rings. The highest BCUT2D eigenvalue weighted by Crippen LogP contribution is 2.30. The maximum absolute atomic E-state index is 6.16. The molecular formula is C13H15Cl2N3. The summed E-state index contributed by atoms with van der Waals surface area (Å²) in [7, 11) is 0. The summed E-state index contributed by atoms with van der Waals surface area (Å²) in [5.41, 5.74) is 7.56. The molecule has 1 aromatic carbocycles. The lowest BCUT2D eigenvalue weighted by atomic mass is 10.1. The van der Waals surface area contributed by atoms with Crippen molar-refractivity contribution in [3.63, 3.8) is 0 Å². The van der Waals surface area contributed by atoms with Crippen molar-refractivity contribution in [2.24, 2.45) is 0 Å². The second kappa shape index (κ2) is 5.63. The number of anilines is 1. The van der Waals surface area contributed by atoms with Crippen molar-refractivity contribution in [2.75, 3.05) is 5.73 Å². The Labute approximate surface area is 117 Å². The molecule has 2 N–H and O–H groups in total. The number of rotatable bonds is 4. The van der Waals surface area contributed by atoms with Crippen LogP contribution in [0.1, 0.15) is 19.8 Å². The van der Waals surface area contributed by atoms with Crippen molar-refractivity contribution in [3.8, 4) is 11.3 Å². The molecule has 0 amide bonds. The Hall–Kier alpha value is -1.19. The lowest BCUT2D eigenvalue weighted by Gasteiger charge is -2.02. The minimum Gasteiger partial charge on any atom is -0.384 e. The van der Waals surface area contributed by atoms with Crippen molar-refractivity contribution in [3.05, 3.63) is 34.3 Å². The van der Waals surface area contributed by atoms with E-state index in [1.165, 1.54) is 0 Å². The molecule has 0 unspecified atom stereocenters. The van der Waals surface area contributed by atoms with Gasteiger partial charge in [-0.1, -0.05) is 36.5 Å². The normalized spacial score (nSPS) is 10.8. The van der Waals surface area contributed by atoms with Gasteiger partial charge in [0.15, 0.2) is 0 Å². The SMILES string of the molecule is CCCCn1nc(-c2ccc(Cl)cc2Cl)cc1N. The largest absolute Gasteiger partial charge is 0.384 e. The van der Waals surface area contributed by atoms with E-state index in [2.05, 4.69) is 12.0 Å². The molecular weight excluding hydrogens is 269 g/mol. The summed E-state index contributed by atoms with van der Waals surface area (Å²) in [6.45, 7) is 2.96. The number of unbranched alkanes of at least 4 members (excludes halogenated alkanes) is 1. The second-order valence-corrected chi connectivity index (χ2v) is 5.00. The fourth-order valence-corrected chi connectivity index (χ4v) is 2.25. The van der Waals surface area contributed by atoms with Crippen LogP contribution in [0.2, 0.25) is 10.0 Å². The Bertz CT molecular complexity index is 549. The van der Waals surface area contributed by atoms with Crippen LogP contribution < -0.4 is 5.73 Å². The number of hydrogen-bond donors (Lipinski definition) is 1. The van der Waals surface area contributed by atoms with Crippen molar-refractivity contribution < 1.29 is 0 Å².